The summed E-state index contributed by atoms with van der Waals surface area (Å²) in [5.74, 6) is 0.632. The predicted octanol–water partition coefficient (Wildman–Crippen LogP) is 3.53. The molecule has 1 aromatic rings. The Morgan fingerprint density at radius 3 is 2.74 bits per heavy atom. The lowest BCUT2D eigenvalue weighted by molar-refractivity contribution is 0.0226. The van der Waals surface area contributed by atoms with Crippen LogP contribution < -0.4 is 5.32 Å². The third-order valence-corrected chi connectivity index (χ3v) is 4.64. The van der Waals surface area contributed by atoms with Crippen molar-refractivity contribution in [2.45, 2.75) is 63.6 Å². The summed E-state index contributed by atoms with van der Waals surface area (Å²) in [4.78, 5) is 14.2. The number of nitrogens with zero attached hydrogens (tertiary/aromatic N) is 1. The molecule has 1 aliphatic heterocycles. The van der Waals surface area contributed by atoms with Gasteiger partial charge in [0.1, 0.15) is 5.60 Å². The summed E-state index contributed by atoms with van der Waals surface area (Å²) in [6.45, 7) is 7.44. The van der Waals surface area contributed by atoms with Crippen molar-refractivity contribution in [3.8, 4) is 0 Å². The maximum Gasteiger partial charge on any atom is 0.410 e. The summed E-state index contributed by atoms with van der Waals surface area (Å²) in [6, 6.07) is 11.5. The monoisotopic (exact) mass is 316 g/mol. The highest BCUT2D eigenvalue weighted by Crippen LogP contribution is 2.40. The zero-order chi connectivity index (χ0) is 16.4. The van der Waals surface area contributed by atoms with E-state index in [1.54, 1.807) is 0 Å². The molecule has 23 heavy (non-hydrogen) atoms. The molecule has 1 aromatic carbocycles. The van der Waals surface area contributed by atoms with E-state index in [1.165, 1.54) is 12.0 Å². The summed E-state index contributed by atoms with van der Waals surface area (Å²) in [5.41, 5.74) is 0.993. The average molecular weight is 316 g/mol. The van der Waals surface area contributed by atoms with Gasteiger partial charge in [0, 0.05) is 31.1 Å². The number of likely N-dealkylation sites (tertiary alicyclic amines) is 1. The molecule has 2 fully saturated rings. The average Bonchev–Trinajstić information content (AvgIpc) is 3.11. The van der Waals surface area contributed by atoms with Crippen LogP contribution in [0.2, 0.25) is 0 Å². The second-order valence-corrected chi connectivity index (χ2v) is 7.74. The third-order valence-electron chi connectivity index (χ3n) is 4.64. The number of ether oxygens (including phenoxy) is 1. The van der Waals surface area contributed by atoms with Gasteiger partial charge in [0.15, 0.2) is 0 Å². The molecule has 1 heterocycles. The van der Waals surface area contributed by atoms with Gasteiger partial charge >= 0.3 is 6.09 Å². The molecule has 4 heteroatoms. The predicted molar refractivity (Wildman–Crippen MR) is 91.6 cm³/mol. The molecule has 1 saturated heterocycles. The Labute approximate surface area is 139 Å². The van der Waals surface area contributed by atoms with Gasteiger partial charge in [0.2, 0.25) is 0 Å². The fourth-order valence-corrected chi connectivity index (χ4v) is 3.39. The van der Waals surface area contributed by atoms with E-state index in [9.17, 15) is 4.79 Å². The van der Waals surface area contributed by atoms with Gasteiger partial charge in [-0.15, -0.1) is 0 Å². The molecule has 0 bridgehead atoms. The standard InChI is InChI=1S/C19H28N2O2/c1-19(2,3)23-18(22)21-11-7-10-15(21)13-20-17-12-16(17)14-8-5-4-6-9-14/h4-6,8-9,15-17,20H,7,10-13H2,1-3H3. The molecule has 0 radical (unpaired) electrons. The lowest BCUT2D eigenvalue weighted by Crippen LogP contribution is -2.44. The van der Waals surface area contributed by atoms with Gasteiger partial charge in [-0.1, -0.05) is 30.3 Å². The number of nitrogens with one attached hydrogen (secondary N) is 1. The normalized spacial score (nSPS) is 27.1. The zero-order valence-electron chi connectivity index (χ0n) is 14.4. The first-order valence-electron chi connectivity index (χ1n) is 8.72. The number of benzene rings is 1. The quantitative estimate of drug-likeness (QED) is 0.924. The van der Waals surface area contributed by atoms with Crippen molar-refractivity contribution < 1.29 is 9.53 Å². The van der Waals surface area contributed by atoms with Crippen molar-refractivity contribution >= 4 is 6.09 Å². The second-order valence-electron chi connectivity index (χ2n) is 7.74. The van der Waals surface area contributed by atoms with Gasteiger partial charge in [-0.05, 0) is 45.6 Å². The Balaban J connectivity index is 1.48. The van der Waals surface area contributed by atoms with Crippen LogP contribution in [-0.2, 0) is 4.74 Å². The Kier molecular flexibility index (Phi) is 4.62. The zero-order valence-corrected chi connectivity index (χ0v) is 14.4. The lowest BCUT2D eigenvalue weighted by atomic mass is 10.1. The fourth-order valence-electron chi connectivity index (χ4n) is 3.39. The van der Waals surface area contributed by atoms with Crippen LogP contribution >= 0.6 is 0 Å². The van der Waals surface area contributed by atoms with Crippen LogP contribution in [0, 0.1) is 0 Å². The summed E-state index contributed by atoms with van der Waals surface area (Å²) in [7, 11) is 0. The molecule has 4 nitrogen and oxygen atoms in total. The third kappa shape index (κ3) is 4.25. The largest absolute Gasteiger partial charge is 0.444 e. The van der Waals surface area contributed by atoms with Crippen molar-refractivity contribution in [1.29, 1.82) is 0 Å². The van der Waals surface area contributed by atoms with E-state index in [2.05, 4.69) is 35.6 Å². The van der Waals surface area contributed by atoms with Crippen molar-refractivity contribution in [2.24, 2.45) is 0 Å². The topological polar surface area (TPSA) is 41.6 Å². The van der Waals surface area contributed by atoms with Crippen LogP contribution in [0.4, 0.5) is 4.79 Å². The SMILES string of the molecule is CC(C)(C)OC(=O)N1CCCC1CNC1CC1c1ccccc1. The number of hydrogen-bond acceptors (Lipinski definition) is 3. The molecule has 3 rings (SSSR count). The molecule has 1 aliphatic carbocycles. The number of rotatable bonds is 4. The van der Waals surface area contributed by atoms with Gasteiger partial charge in [0.25, 0.3) is 0 Å². The maximum atomic E-state index is 12.3. The molecular weight excluding hydrogens is 288 g/mol. The van der Waals surface area contributed by atoms with E-state index in [-0.39, 0.29) is 12.1 Å². The molecular formula is C19H28N2O2. The second kappa shape index (κ2) is 6.52. The number of carbonyl (C=O) groups is 1. The molecule has 126 valence electrons. The van der Waals surface area contributed by atoms with Crippen LogP contribution in [-0.4, -0.2) is 41.8 Å². The molecule has 3 atom stereocenters. The lowest BCUT2D eigenvalue weighted by Gasteiger charge is -2.28. The van der Waals surface area contributed by atoms with Crippen LogP contribution in [0.5, 0.6) is 0 Å². The van der Waals surface area contributed by atoms with Gasteiger partial charge in [-0.3, -0.25) is 0 Å². The first-order valence-corrected chi connectivity index (χ1v) is 8.72. The minimum atomic E-state index is -0.424. The van der Waals surface area contributed by atoms with Crippen LogP contribution in [0.1, 0.15) is 51.5 Å². The Morgan fingerprint density at radius 2 is 2.04 bits per heavy atom. The Bertz CT molecular complexity index is 538. The summed E-state index contributed by atoms with van der Waals surface area (Å²) < 4.78 is 5.52. The fraction of sp³-hybridized carbons (Fsp3) is 0.632. The summed E-state index contributed by atoms with van der Waals surface area (Å²) >= 11 is 0. The van der Waals surface area contributed by atoms with Gasteiger partial charge in [-0.2, -0.15) is 0 Å². The molecule has 2 aliphatic rings. The molecule has 3 unspecified atom stereocenters. The van der Waals surface area contributed by atoms with E-state index < -0.39 is 5.60 Å². The van der Waals surface area contributed by atoms with Crippen molar-refractivity contribution in [3.63, 3.8) is 0 Å². The highest BCUT2D eigenvalue weighted by atomic mass is 16.6. The van der Waals surface area contributed by atoms with E-state index in [0.717, 1.165) is 25.9 Å². The highest BCUT2D eigenvalue weighted by molar-refractivity contribution is 5.69. The molecule has 1 saturated carbocycles. The van der Waals surface area contributed by atoms with Gasteiger partial charge in [-0.25, -0.2) is 4.79 Å². The number of carbonyl (C=O) groups excluding carboxylic acids is 1. The Hall–Kier alpha value is -1.55. The minimum Gasteiger partial charge on any atom is -0.444 e. The van der Waals surface area contributed by atoms with E-state index in [0.29, 0.717) is 12.0 Å². The first kappa shape index (κ1) is 16.3. The summed E-state index contributed by atoms with van der Waals surface area (Å²) in [5, 5.41) is 3.65. The highest BCUT2D eigenvalue weighted by Gasteiger charge is 2.39. The van der Waals surface area contributed by atoms with E-state index >= 15 is 0 Å². The Morgan fingerprint density at radius 1 is 1.30 bits per heavy atom. The van der Waals surface area contributed by atoms with Crippen LogP contribution in [0.25, 0.3) is 0 Å². The van der Waals surface area contributed by atoms with E-state index in [1.807, 2.05) is 25.7 Å². The number of amides is 1. The smallest absolute Gasteiger partial charge is 0.410 e. The van der Waals surface area contributed by atoms with Crippen LogP contribution in [0.15, 0.2) is 30.3 Å². The van der Waals surface area contributed by atoms with E-state index in [4.69, 9.17) is 4.74 Å². The van der Waals surface area contributed by atoms with Crippen molar-refractivity contribution in [2.75, 3.05) is 13.1 Å². The first-order chi connectivity index (χ1) is 10.9. The van der Waals surface area contributed by atoms with Crippen molar-refractivity contribution in [1.82, 2.24) is 10.2 Å². The van der Waals surface area contributed by atoms with Gasteiger partial charge in [0.05, 0.1) is 0 Å². The molecule has 0 aromatic heterocycles. The number of hydrogen-bond donors (Lipinski definition) is 1. The molecule has 1 amide bonds. The molecule has 1 N–H and O–H groups in total. The minimum absolute atomic E-state index is 0.169. The summed E-state index contributed by atoms with van der Waals surface area (Å²) in [6.07, 6.45) is 3.16. The molecule has 0 spiro atoms. The van der Waals surface area contributed by atoms with Crippen molar-refractivity contribution in [3.05, 3.63) is 35.9 Å². The van der Waals surface area contributed by atoms with Gasteiger partial charge < -0.3 is 15.0 Å². The maximum absolute atomic E-state index is 12.3. The van der Waals surface area contributed by atoms with Crippen LogP contribution in [0.3, 0.4) is 0 Å².